The molecule has 0 bridgehead atoms. The Bertz CT molecular complexity index is 986. The molecule has 140 valence electrons. The van der Waals surface area contributed by atoms with E-state index in [1.165, 1.54) is 6.20 Å². The number of nitrogens with zero attached hydrogens (tertiary/aromatic N) is 5. The average Bonchev–Trinajstić information content (AvgIpc) is 3.30. The smallest absolute Gasteiger partial charge is 0.333 e. The van der Waals surface area contributed by atoms with Gasteiger partial charge in [0.05, 0.1) is 10.6 Å². The van der Waals surface area contributed by atoms with Gasteiger partial charge in [-0.25, -0.2) is 4.98 Å². The van der Waals surface area contributed by atoms with Crippen LogP contribution in [-0.2, 0) is 13.0 Å². The molecule has 2 aromatic heterocycles. The third-order valence-corrected chi connectivity index (χ3v) is 5.10. The second-order valence-corrected chi connectivity index (χ2v) is 6.69. The van der Waals surface area contributed by atoms with Crippen molar-refractivity contribution in [3.05, 3.63) is 57.9 Å². The Morgan fingerprint density at radius 1 is 1.33 bits per heavy atom. The minimum Gasteiger partial charge on any atom is -0.487 e. The Hall–Kier alpha value is -3.16. The normalized spacial score (nSPS) is 14.4. The lowest BCUT2D eigenvalue weighted by atomic mass is 10.2. The maximum atomic E-state index is 11.4. The van der Waals surface area contributed by atoms with Gasteiger partial charge in [0.15, 0.2) is 0 Å². The van der Waals surface area contributed by atoms with E-state index in [-0.39, 0.29) is 17.9 Å². The van der Waals surface area contributed by atoms with Crippen molar-refractivity contribution in [2.24, 2.45) is 0 Å². The number of aromatic nitrogens is 3. The fourth-order valence-corrected chi connectivity index (χ4v) is 3.50. The summed E-state index contributed by atoms with van der Waals surface area (Å²) in [5.41, 5.74) is 1.96. The van der Waals surface area contributed by atoms with Crippen molar-refractivity contribution in [2.45, 2.75) is 39.3 Å². The molecule has 8 nitrogen and oxygen atoms in total. The number of rotatable bonds is 6. The molecule has 3 heterocycles. The molecule has 1 aromatic carbocycles. The molecule has 0 N–H and O–H groups in total. The lowest BCUT2D eigenvalue weighted by Gasteiger charge is -2.26. The molecule has 0 aliphatic carbocycles. The number of benzene rings is 1. The molecule has 27 heavy (non-hydrogen) atoms. The standard InChI is InChI=1S/C19H21N5O3/c1-3-13(2)22-10-9-15-16(12-27-14-7-5-4-6-8-14)21-18-17(24(25)26)11-20-23(18)19(15)22/h4-8,11,13H,3,9-10,12H2,1-2H3. The topological polar surface area (TPSA) is 85.8 Å². The predicted octanol–water partition coefficient (Wildman–Crippen LogP) is 3.38. The van der Waals surface area contributed by atoms with E-state index in [0.717, 1.165) is 42.2 Å². The van der Waals surface area contributed by atoms with Crippen molar-refractivity contribution in [3.8, 4) is 5.75 Å². The summed E-state index contributed by atoms with van der Waals surface area (Å²) in [5.74, 6) is 1.64. The molecule has 4 rings (SSSR count). The van der Waals surface area contributed by atoms with Gasteiger partial charge < -0.3 is 9.64 Å². The Morgan fingerprint density at radius 3 is 2.81 bits per heavy atom. The molecule has 1 unspecified atom stereocenters. The summed E-state index contributed by atoms with van der Waals surface area (Å²) < 4.78 is 7.49. The number of anilines is 1. The van der Waals surface area contributed by atoms with E-state index in [0.29, 0.717) is 6.04 Å². The van der Waals surface area contributed by atoms with Crippen LogP contribution in [-0.4, -0.2) is 32.1 Å². The first-order valence-electron chi connectivity index (χ1n) is 9.08. The Kier molecular flexibility index (Phi) is 4.39. The number of hydrogen-bond acceptors (Lipinski definition) is 6. The third kappa shape index (κ3) is 2.97. The minimum absolute atomic E-state index is 0.0882. The highest BCUT2D eigenvalue weighted by atomic mass is 16.6. The molecule has 0 saturated carbocycles. The SMILES string of the molecule is CCC(C)N1CCc2c(COc3ccccc3)nc3c([N+](=O)[O-])cnn3c21. The molecule has 0 amide bonds. The van der Waals surface area contributed by atoms with Crippen molar-refractivity contribution in [2.75, 3.05) is 11.4 Å². The van der Waals surface area contributed by atoms with Crippen molar-refractivity contribution in [3.63, 3.8) is 0 Å². The fraction of sp³-hybridized carbons (Fsp3) is 0.368. The van der Waals surface area contributed by atoms with Crippen molar-refractivity contribution in [1.29, 1.82) is 0 Å². The van der Waals surface area contributed by atoms with Crippen LogP contribution in [0.25, 0.3) is 5.65 Å². The molecule has 1 atom stereocenters. The molecule has 3 aromatic rings. The van der Waals surface area contributed by atoms with Gasteiger partial charge in [-0.1, -0.05) is 25.1 Å². The molecular weight excluding hydrogens is 346 g/mol. The molecule has 0 spiro atoms. The second kappa shape index (κ2) is 6.86. The molecular formula is C19H21N5O3. The summed E-state index contributed by atoms with van der Waals surface area (Å²) in [6.07, 6.45) is 3.07. The summed E-state index contributed by atoms with van der Waals surface area (Å²) in [6, 6.07) is 9.81. The van der Waals surface area contributed by atoms with Crippen molar-refractivity contribution < 1.29 is 9.66 Å². The van der Waals surface area contributed by atoms with E-state index in [9.17, 15) is 10.1 Å². The van der Waals surface area contributed by atoms with Crippen LogP contribution in [0.3, 0.4) is 0 Å². The van der Waals surface area contributed by atoms with Gasteiger partial charge in [0, 0.05) is 18.2 Å². The number of ether oxygens (including phenoxy) is 1. The molecule has 1 aliphatic heterocycles. The predicted molar refractivity (Wildman–Crippen MR) is 101 cm³/mol. The summed E-state index contributed by atoms with van der Waals surface area (Å²) in [4.78, 5) is 17.8. The van der Waals surface area contributed by atoms with Crippen molar-refractivity contribution in [1.82, 2.24) is 14.6 Å². The zero-order valence-corrected chi connectivity index (χ0v) is 15.3. The Morgan fingerprint density at radius 2 is 2.11 bits per heavy atom. The van der Waals surface area contributed by atoms with Gasteiger partial charge in [-0.15, -0.1) is 0 Å². The average molecular weight is 367 g/mol. The highest BCUT2D eigenvalue weighted by Crippen LogP contribution is 2.35. The van der Waals surface area contributed by atoms with E-state index in [2.05, 4.69) is 28.8 Å². The number of fused-ring (bicyclic) bond motifs is 3. The van der Waals surface area contributed by atoms with Crippen molar-refractivity contribution >= 4 is 17.2 Å². The second-order valence-electron chi connectivity index (χ2n) is 6.69. The maximum absolute atomic E-state index is 11.4. The molecule has 0 fully saturated rings. The molecule has 8 heteroatoms. The minimum atomic E-state index is -0.438. The van der Waals surface area contributed by atoms with Gasteiger partial charge in [-0.2, -0.15) is 9.61 Å². The van der Waals surface area contributed by atoms with Crippen LogP contribution < -0.4 is 9.64 Å². The summed E-state index contributed by atoms with van der Waals surface area (Å²) in [5, 5.41) is 15.7. The van der Waals surface area contributed by atoms with Crippen LogP contribution in [0.5, 0.6) is 5.75 Å². The van der Waals surface area contributed by atoms with E-state index < -0.39 is 4.92 Å². The number of hydrogen-bond donors (Lipinski definition) is 0. The van der Waals surface area contributed by atoms with Gasteiger partial charge in [-0.3, -0.25) is 10.1 Å². The van der Waals surface area contributed by atoms with Gasteiger partial charge in [0.25, 0.3) is 0 Å². The summed E-state index contributed by atoms with van der Waals surface area (Å²) in [6.45, 7) is 5.39. The number of nitro groups is 1. The van der Waals surface area contributed by atoms with E-state index in [1.807, 2.05) is 30.3 Å². The quantitative estimate of drug-likeness (QED) is 0.490. The summed E-state index contributed by atoms with van der Waals surface area (Å²) >= 11 is 0. The lowest BCUT2D eigenvalue weighted by Crippen LogP contribution is -2.32. The molecule has 0 saturated heterocycles. The van der Waals surface area contributed by atoms with Crippen LogP contribution in [0.4, 0.5) is 11.5 Å². The van der Waals surface area contributed by atoms with Crippen LogP contribution >= 0.6 is 0 Å². The van der Waals surface area contributed by atoms with E-state index in [1.54, 1.807) is 4.52 Å². The van der Waals surface area contributed by atoms with E-state index >= 15 is 0 Å². The van der Waals surface area contributed by atoms with Gasteiger partial charge in [0.1, 0.15) is 24.4 Å². The highest BCUT2D eigenvalue weighted by molar-refractivity contribution is 5.67. The maximum Gasteiger partial charge on any atom is 0.333 e. The third-order valence-electron chi connectivity index (χ3n) is 5.10. The lowest BCUT2D eigenvalue weighted by molar-refractivity contribution is -0.383. The zero-order chi connectivity index (χ0) is 19.0. The first-order chi connectivity index (χ1) is 13.1. The van der Waals surface area contributed by atoms with Gasteiger partial charge in [-0.05, 0) is 31.9 Å². The first-order valence-corrected chi connectivity index (χ1v) is 9.08. The number of para-hydroxylation sites is 1. The van der Waals surface area contributed by atoms with Gasteiger partial charge >= 0.3 is 5.69 Å². The van der Waals surface area contributed by atoms with Crippen LogP contribution in [0.2, 0.25) is 0 Å². The molecule has 1 aliphatic rings. The largest absolute Gasteiger partial charge is 0.487 e. The van der Waals surface area contributed by atoms with E-state index in [4.69, 9.17) is 4.74 Å². The Balaban J connectivity index is 1.81. The highest BCUT2D eigenvalue weighted by Gasteiger charge is 2.32. The molecule has 0 radical (unpaired) electrons. The van der Waals surface area contributed by atoms with Crippen LogP contribution in [0.1, 0.15) is 31.5 Å². The first kappa shape index (κ1) is 17.3. The van der Waals surface area contributed by atoms with Crippen LogP contribution in [0.15, 0.2) is 36.5 Å². The Labute approximate surface area is 156 Å². The van der Waals surface area contributed by atoms with Crippen LogP contribution in [0, 0.1) is 10.1 Å². The summed E-state index contributed by atoms with van der Waals surface area (Å²) in [7, 11) is 0. The monoisotopic (exact) mass is 367 g/mol. The zero-order valence-electron chi connectivity index (χ0n) is 15.3. The fourth-order valence-electron chi connectivity index (χ4n) is 3.50. The van der Waals surface area contributed by atoms with Gasteiger partial charge in [0.2, 0.25) is 5.65 Å².